The van der Waals surface area contributed by atoms with Crippen LogP contribution in [0, 0.1) is 0 Å². The van der Waals surface area contributed by atoms with Crippen LogP contribution >= 0.6 is 0 Å². The highest BCUT2D eigenvalue weighted by Crippen LogP contribution is 2.33. The van der Waals surface area contributed by atoms with E-state index in [-0.39, 0.29) is 5.41 Å². The molecule has 0 atom stereocenters. The molecular formula is C18H26N2. The quantitative estimate of drug-likeness (QED) is 0.840. The summed E-state index contributed by atoms with van der Waals surface area (Å²) in [5.74, 6) is 1.51. The number of nitrogens with one attached hydrogen (secondary N) is 1. The first kappa shape index (κ1) is 14.8. The molecule has 0 aliphatic rings. The number of benzene rings is 1. The molecule has 0 aliphatic heterocycles. The van der Waals surface area contributed by atoms with Crippen molar-refractivity contribution in [2.45, 2.75) is 52.9 Å². The van der Waals surface area contributed by atoms with Crippen molar-refractivity contribution in [3.8, 4) is 0 Å². The van der Waals surface area contributed by atoms with E-state index in [1.54, 1.807) is 0 Å². The molecule has 2 rings (SSSR count). The van der Waals surface area contributed by atoms with Crippen LogP contribution in [0.2, 0.25) is 0 Å². The van der Waals surface area contributed by atoms with Gasteiger partial charge in [-0.25, -0.2) is 4.98 Å². The summed E-state index contributed by atoms with van der Waals surface area (Å²) in [4.78, 5) is 4.94. The smallest absolute Gasteiger partial charge is 0.130 e. The summed E-state index contributed by atoms with van der Waals surface area (Å²) in [6.07, 6.45) is 0. The Labute approximate surface area is 122 Å². The van der Waals surface area contributed by atoms with Crippen molar-refractivity contribution in [2.24, 2.45) is 0 Å². The minimum absolute atomic E-state index is 0.106. The number of aromatic nitrogens is 1. The van der Waals surface area contributed by atoms with E-state index in [2.05, 4.69) is 71.1 Å². The molecule has 2 heteroatoms. The van der Waals surface area contributed by atoms with E-state index in [1.165, 1.54) is 16.5 Å². The Kier molecular flexibility index (Phi) is 4.03. The van der Waals surface area contributed by atoms with Gasteiger partial charge in [0.2, 0.25) is 0 Å². The van der Waals surface area contributed by atoms with E-state index in [1.807, 2.05) is 0 Å². The standard InChI is InChI=1S/C18H26N2/c1-7-19-17-14(12(2)3)11-13-9-8-10-15(16(13)20-17)18(4,5)6/h8-12H,7H2,1-6H3,(H,19,20). The van der Waals surface area contributed by atoms with Crippen LogP contribution in [0.1, 0.15) is 58.6 Å². The lowest BCUT2D eigenvalue weighted by Gasteiger charge is -2.22. The third kappa shape index (κ3) is 2.79. The molecule has 0 bridgehead atoms. The Morgan fingerprint density at radius 3 is 2.45 bits per heavy atom. The lowest BCUT2D eigenvalue weighted by Crippen LogP contribution is -2.13. The minimum atomic E-state index is 0.106. The van der Waals surface area contributed by atoms with Gasteiger partial charge >= 0.3 is 0 Å². The number of hydrogen-bond acceptors (Lipinski definition) is 2. The number of rotatable bonds is 3. The maximum Gasteiger partial charge on any atom is 0.130 e. The second-order valence-corrected chi connectivity index (χ2v) is 6.74. The fraction of sp³-hybridized carbons (Fsp3) is 0.500. The predicted molar refractivity (Wildman–Crippen MR) is 88.7 cm³/mol. The van der Waals surface area contributed by atoms with Gasteiger partial charge in [-0.3, -0.25) is 0 Å². The van der Waals surface area contributed by atoms with Crippen molar-refractivity contribution in [1.29, 1.82) is 0 Å². The first-order valence-electron chi connectivity index (χ1n) is 7.52. The number of hydrogen-bond donors (Lipinski definition) is 1. The number of fused-ring (bicyclic) bond motifs is 1. The largest absolute Gasteiger partial charge is 0.370 e. The van der Waals surface area contributed by atoms with E-state index in [0.29, 0.717) is 5.92 Å². The zero-order valence-electron chi connectivity index (χ0n) is 13.5. The molecule has 2 nitrogen and oxygen atoms in total. The normalized spacial score (nSPS) is 12.2. The summed E-state index contributed by atoms with van der Waals surface area (Å²) in [7, 11) is 0. The summed E-state index contributed by atoms with van der Waals surface area (Å²) >= 11 is 0. The number of pyridine rings is 1. The molecule has 0 saturated heterocycles. The second kappa shape index (κ2) is 5.43. The summed E-state index contributed by atoms with van der Waals surface area (Å²) in [5, 5.41) is 4.66. The second-order valence-electron chi connectivity index (χ2n) is 6.74. The highest BCUT2D eigenvalue weighted by molar-refractivity contribution is 5.85. The monoisotopic (exact) mass is 270 g/mol. The number of para-hydroxylation sites is 1. The Balaban J connectivity index is 2.74. The van der Waals surface area contributed by atoms with Gasteiger partial charge in [-0.1, -0.05) is 52.8 Å². The maximum absolute atomic E-state index is 4.94. The molecule has 1 N–H and O–H groups in total. The van der Waals surface area contributed by atoms with E-state index in [9.17, 15) is 0 Å². The van der Waals surface area contributed by atoms with Gasteiger partial charge in [-0.05, 0) is 35.4 Å². The molecule has 1 aromatic heterocycles. The molecule has 1 aromatic carbocycles. The van der Waals surface area contributed by atoms with Gasteiger partial charge in [0.15, 0.2) is 0 Å². The SMILES string of the molecule is CCNc1nc2c(C(C)(C)C)cccc2cc1C(C)C. The fourth-order valence-corrected chi connectivity index (χ4v) is 2.57. The molecule has 0 saturated carbocycles. The van der Waals surface area contributed by atoms with Crippen molar-refractivity contribution in [2.75, 3.05) is 11.9 Å². The van der Waals surface area contributed by atoms with Crippen LogP contribution in [0.15, 0.2) is 24.3 Å². The highest BCUT2D eigenvalue weighted by atomic mass is 15.0. The topological polar surface area (TPSA) is 24.9 Å². The Bertz CT molecular complexity index is 607. The molecular weight excluding hydrogens is 244 g/mol. The molecule has 0 radical (unpaired) electrons. The van der Waals surface area contributed by atoms with Gasteiger partial charge in [-0.15, -0.1) is 0 Å². The van der Waals surface area contributed by atoms with Crippen LogP contribution in [0.4, 0.5) is 5.82 Å². The first-order chi connectivity index (χ1) is 9.34. The molecule has 2 aromatic rings. The predicted octanol–water partition coefficient (Wildman–Crippen LogP) is 5.09. The molecule has 0 amide bonds. The van der Waals surface area contributed by atoms with Crippen LogP contribution in [0.3, 0.4) is 0 Å². The van der Waals surface area contributed by atoms with Crippen LogP contribution in [-0.4, -0.2) is 11.5 Å². The van der Waals surface area contributed by atoms with E-state index in [0.717, 1.165) is 17.9 Å². The van der Waals surface area contributed by atoms with Gasteiger partial charge in [0, 0.05) is 11.9 Å². The lowest BCUT2D eigenvalue weighted by atomic mass is 9.85. The number of anilines is 1. The van der Waals surface area contributed by atoms with Crippen molar-refractivity contribution in [3.05, 3.63) is 35.4 Å². The first-order valence-corrected chi connectivity index (χ1v) is 7.52. The van der Waals surface area contributed by atoms with Gasteiger partial charge in [0.1, 0.15) is 5.82 Å². The summed E-state index contributed by atoms with van der Waals surface area (Å²) in [6.45, 7) is 14.2. The molecule has 1 heterocycles. The van der Waals surface area contributed by atoms with Gasteiger partial charge in [0.25, 0.3) is 0 Å². The van der Waals surface area contributed by atoms with Crippen molar-refractivity contribution in [3.63, 3.8) is 0 Å². The molecule has 108 valence electrons. The van der Waals surface area contributed by atoms with E-state index >= 15 is 0 Å². The number of nitrogens with zero attached hydrogens (tertiary/aromatic N) is 1. The maximum atomic E-state index is 4.94. The fourth-order valence-electron chi connectivity index (χ4n) is 2.57. The molecule has 0 fully saturated rings. The van der Waals surface area contributed by atoms with Gasteiger partial charge in [-0.2, -0.15) is 0 Å². The Morgan fingerprint density at radius 2 is 1.90 bits per heavy atom. The molecule has 0 unspecified atom stereocenters. The van der Waals surface area contributed by atoms with Gasteiger partial charge in [0.05, 0.1) is 5.52 Å². The van der Waals surface area contributed by atoms with Gasteiger partial charge < -0.3 is 5.32 Å². The molecule has 0 spiro atoms. The third-order valence-electron chi connectivity index (χ3n) is 3.65. The van der Waals surface area contributed by atoms with Crippen LogP contribution in [0.25, 0.3) is 10.9 Å². The lowest BCUT2D eigenvalue weighted by molar-refractivity contribution is 0.594. The third-order valence-corrected chi connectivity index (χ3v) is 3.65. The molecule has 20 heavy (non-hydrogen) atoms. The zero-order valence-corrected chi connectivity index (χ0v) is 13.5. The van der Waals surface area contributed by atoms with Crippen LogP contribution in [0.5, 0.6) is 0 Å². The summed E-state index contributed by atoms with van der Waals surface area (Å²) < 4.78 is 0. The summed E-state index contributed by atoms with van der Waals surface area (Å²) in [5.41, 5.74) is 3.84. The zero-order chi connectivity index (χ0) is 14.9. The Morgan fingerprint density at radius 1 is 1.20 bits per heavy atom. The van der Waals surface area contributed by atoms with Crippen molar-refractivity contribution < 1.29 is 0 Å². The average molecular weight is 270 g/mol. The molecule has 0 aliphatic carbocycles. The van der Waals surface area contributed by atoms with Crippen molar-refractivity contribution >= 4 is 16.7 Å². The van der Waals surface area contributed by atoms with Crippen molar-refractivity contribution in [1.82, 2.24) is 4.98 Å². The van der Waals surface area contributed by atoms with Crippen LogP contribution in [-0.2, 0) is 5.41 Å². The average Bonchev–Trinajstić information content (AvgIpc) is 2.36. The minimum Gasteiger partial charge on any atom is -0.370 e. The van der Waals surface area contributed by atoms with Crippen LogP contribution < -0.4 is 5.32 Å². The highest BCUT2D eigenvalue weighted by Gasteiger charge is 2.19. The van der Waals surface area contributed by atoms with E-state index in [4.69, 9.17) is 4.98 Å². The van der Waals surface area contributed by atoms with E-state index < -0.39 is 0 Å². The Hall–Kier alpha value is -1.57. The summed E-state index contributed by atoms with van der Waals surface area (Å²) in [6, 6.07) is 8.79.